The van der Waals surface area contributed by atoms with Crippen molar-refractivity contribution in [2.45, 2.75) is 69.4 Å². The second-order valence-corrected chi connectivity index (χ2v) is 11.2. The molecule has 2 saturated carbocycles. The second kappa shape index (κ2) is 11.0. The monoisotopic (exact) mass is 517 g/mol. The Bertz CT molecular complexity index is 1230. The van der Waals surface area contributed by atoms with Crippen molar-refractivity contribution in [3.63, 3.8) is 0 Å². The lowest BCUT2D eigenvalue weighted by Crippen LogP contribution is -2.63. The van der Waals surface area contributed by atoms with Gasteiger partial charge >= 0.3 is 5.97 Å². The van der Waals surface area contributed by atoms with Crippen LogP contribution in [0.1, 0.15) is 68.1 Å². The van der Waals surface area contributed by atoms with Crippen molar-refractivity contribution in [1.29, 1.82) is 0 Å². The van der Waals surface area contributed by atoms with Gasteiger partial charge in [0.05, 0.1) is 11.2 Å². The number of hydrogen-bond acceptors (Lipinski definition) is 7. The molecule has 38 heavy (non-hydrogen) atoms. The Labute approximate surface area is 224 Å². The molecule has 0 spiro atoms. The van der Waals surface area contributed by atoms with E-state index in [9.17, 15) is 4.79 Å². The molecule has 3 aliphatic rings. The molecule has 2 aliphatic carbocycles. The van der Waals surface area contributed by atoms with Crippen molar-refractivity contribution in [3.05, 3.63) is 54.1 Å². The predicted octanol–water partition coefficient (Wildman–Crippen LogP) is 4.73. The highest BCUT2D eigenvalue weighted by molar-refractivity contribution is 5.90. The summed E-state index contributed by atoms with van der Waals surface area (Å²) in [6.07, 6.45) is 11.8. The van der Waals surface area contributed by atoms with Gasteiger partial charge in [0, 0.05) is 45.0 Å². The average Bonchev–Trinajstić information content (AvgIpc) is 3.40. The van der Waals surface area contributed by atoms with Crippen LogP contribution in [0.25, 0.3) is 11.0 Å². The molecule has 6 rings (SSSR count). The second-order valence-electron chi connectivity index (χ2n) is 11.2. The third-order valence-electron chi connectivity index (χ3n) is 9.25. The smallest absolute Gasteiger partial charge is 0.365 e. The molecule has 1 aliphatic heterocycles. The Morgan fingerprint density at radius 3 is 2.39 bits per heavy atom. The van der Waals surface area contributed by atoms with Crippen molar-refractivity contribution in [2.24, 2.45) is 5.92 Å². The number of benzene rings is 2. The maximum Gasteiger partial charge on any atom is 0.365 e. The minimum atomic E-state index is -0.451. The molecular weight excluding hydrogens is 478 g/mol. The van der Waals surface area contributed by atoms with Crippen LogP contribution in [0.15, 0.2) is 48.5 Å². The number of nitrogens with zero attached hydrogens (tertiary/aromatic N) is 5. The fourth-order valence-corrected chi connectivity index (χ4v) is 7.26. The molecule has 3 aromatic rings. The number of fused-ring (bicyclic) bond motifs is 1. The third-order valence-corrected chi connectivity index (χ3v) is 9.25. The Morgan fingerprint density at radius 1 is 0.895 bits per heavy atom. The summed E-state index contributed by atoms with van der Waals surface area (Å²) in [5.41, 5.74) is 3.00. The normalized spacial score (nSPS) is 25.5. The highest BCUT2D eigenvalue weighted by Crippen LogP contribution is 2.46. The number of methoxy groups -OCH3 is 1. The summed E-state index contributed by atoms with van der Waals surface area (Å²) in [5.74, 6) is 0.250. The van der Waals surface area contributed by atoms with Gasteiger partial charge in [0.25, 0.3) is 0 Å². The first kappa shape index (κ1) is 25.3. The zero-order valence-electron chi connectivity index (χ0n) is 22.4. The predicted molar refractivity (Wildman–Crippen MR) is 147 cm³/mol. The first-order chi connectivity index (χ1) is 18.7. The molecule has 0 N–H and O–H groups in total. The van der Waals surface area contributed by atoms with Gasteiger partial charge in [-0.3, -0.25) is 4.90 Å². The zero-order chi connectivity index (χ0) is 26.0. The van der Waals surface area contributed by atoms with Crippen molar-refractivity contribution >= 4 is 22.7 Å². The topological polar surface area (TPSA) is 72.7 Å². The number of carbonyl (C=O) groups excluding carboxylic acids is 1. The minimum absolute atomic E-state index is 0.0261. The lowest BCUT2D eigenvalue weighted by atomic mass is 9.66. The summed E-state index contributed by atoms with van der Waals surface area (Å²) in [6, 6.07) is 15.6. The van der Waals surface area contributed by atoms with Crippen molar-refractivity contribution in [2.75, 3.05) is 38.2 Å². The van der Waals surface area contributed by atoms with Crippen LogP contribution in [0.3, 0.4) is 0 Å². The van der Waals surface area contributed by atoms with E-state index in [4.69, 9.17) is 9.57 Å². The lowest BCUT2D eigenvalue weighted by Gasteiger charge is -2.54. The van der Waals surface area contributed by atoms with Gasteiger partial charge in [-0.1, -0.05) is 49.1 Å². The quantitative estimate of drug-likeness (QED) is 0.438. The number of rotatable bonds is 6. The number of anilines is 1. The van der Waals surface area contributed by atoms with Gasteiger partial charge < -0.3 is 14.5 Å². The number of para-hydroxylation sites is 1. The molecular formula is C30H39N5O3. The van der Waals surface area contributed by atoms with Crippen LogP contribution in [0, 0.1) is 5.92 Å². The SMILES string of the molecule is COC1(C2CCCCC2)CCCCC1N1CCN(c2ccc(C(=O)On3nnc4ccccc43)cc2)CC1. The third kappa shape index (κ3) is 4.80. The Morgan fingerprint density at radius 2 is 1.63 bits per heavy atom. The summed E-state index contributed by atoms with van der Waals surface area (Å²) in [7, 11) is 1.97. The average molecular weight is 518 g/mol. The van der Waals surface area contributed by atoms with E-state index in [-0.39, 0.29) is 5.60 Å². The summed E-state index contributed by atoms with van der Waals surface area (Å²) < 4.78 is 6.48. The number of hydrogen-bond donors (Lipinski definition) is 0. The van der Waals surface area contributed by atoms with Gasteiger partial charge in [-0.05, 0) is 73.2 Å². The molecule has 2 heterocycles. The maximum absolute atomic E-state index is 12.7. The molecule has 2 unspecified atom stereocenters. The van der Waals surface area contributed by atoms with E-state index in [0.29, 0.717) is 28.6 Å². The summed E-state index contributed by atoms with van der Waals surface area (Å²) in [4.78, 5) is 24.5. The molecule has 202 valence electrons. The summed E-state index contributed by atoms with van der Waals surface area (Å²) in [6.45, 7) is 4.06. The maximum atomic E-state index is 12.7. The summed E-state index contributed by atoms with van der Waals surface area (Å²) in [5, 5.41) is 7.98. The van der Waals surface area contributed by atoms with E-state index in [0.717, 1.165) is 31.9 Å². The first-order valence-electron chi connectivity index (χ1n) is 14.4. The molecule has 2 atom stereocenters. The number of piperazine rings is 1. The van der Waals surface area contributed by atoms with E-state index < -0.39 is 5.97 Å². The van der Waals surface area contributed by atoms with E-state index in [1.54, 1.807) is 0 Å². The Hall–Kier alpha value is -2.97. The van der Waals surface area contributed by atoms with Gasteiger partial charge in [0.2, 0.25) is 0 Å². The molecule has 8 heteroatoms. The molecule has 2 aromatic carbocycles. The van der Waals surface area contributed by atoms with Crippen LogP contribution in [0.5, 0.6) is 0 Å². The van der Waals surface area contributed by atoms with Crippen LogP contribution in [-0.2, 0) is 4.74 Å². The minimum Gasteiger partial charge on any atom is -0.376 e. The van der Waals surface area contributed by atoms with Gasteiger partial charge in [0.15, 0.2) is 0 Å². The van der Waals surface area contributed by atoms with Gasteiger partial charge in [-0.2, -0.15) is 0 Å². The standard InChI is InChI=1S/C30H39N5O3/c1-37-30(24-9-3-2-4-10-24)18-8-7-13-28(30)34-21-19-33(20-22-34)25-16-14-23(15-17-25)29(36)38-35-27-12-6-5-11-26(27)31-32-35/h5-6,11-12,14-17,24,28H,2-4,7-10,13,18-22H2,1H3. The zero-order valence-corrected chi connectivity index (χ0v) is 22.4. The fourth-order valence-electron chi connectivity index (χ4n) is 7.26. The Balaban J connectivity index is 1.09. The molecule has 0 radical (unpaired) electrons. The molecule has 1 saturated heterocycles. The molecule has 1 aromatic heterocycles. The molecule has 8 nitrogen and oxygen atoms in total. The number of carbonyl (C=O) groups is 1. The summed E-state index contributed by atoms with van der Waals surface area (Å²) >= 11 is 0. The van der Waals surface area contributed by atoms with Crippen LogP contribution < -0.4 is 9.74 Å². The highest BCUT2D eigenvalue weighted by Gasteiger charge is 2.49. The Kier molecular flexibility index (Phi) is 7.34. The van der Waals surface area contributed by atoms with Crippen molar-refractivity contribution in [1.82, 2.24) is 20.1 Å². The van der Waals surface area contributed by atoms with Crippen molar-refractivity contribution in [3.8, 4) is 0 Å². The van der Waals surface area contributed by atoms with Gasteiger partial charge in [0.1, 0.15) is 11.0 Å². The van der Waals surface area contributed by atoms with Crippen LogP contribution >= 0.6 is 0 Å². The van der Waals surface area contributed by atoms with E-state index in [1.165, 1.54) is 62.6 Å². The molecule has 0 amide bonds. The van der Waals surface area contributed by atoms with Crippen LogP contribution in [-0.4, -0.2) is 71.0 Å². The number of aromatic nitrogens is 3. The largest absolute Gasteiger partial charge is 0.376 e. The lowest BCUT2D eigenvalue weighted by molar-refractivity contribution is -0.145. The van der Waals surface area contributed by atoms with Crippen molar-refractivity contribution < 1.29 is 14.4 Å². The molecule has 0 bridgehead atoms. The highest BCUT2D eigenvalue weighted by atomic mass is 16.7. The fraction of sp³-hybridized carbons (Fsp3) is 0.567. The van der Waals surface area contributed by atoms with E-state index in [2.05, 4.69) is 20.1 Å². The first-order valence-corrected chi connectivity index (χ1v) is 14.4. The van der Waals surface area contributed by atoms with E-state index >= 15 is 0 Å². The van der Waals surface area contributed by atoms with Gasteiger partial charge in [-0.15, -0.1) is 5.10 Å². The van der Waals surface area contributed by atoms with E-state index in [1.807, 2.05) is 55.6 Å². The molecule has 3 fully saturated rings. The van der Waals surface area contributed by atoms with Gasteiger partial charge in [-0.25, -0.2) is 4.79 Å². The van der Waals surface area contributed by atoms with Crippen LogP contribution in [0.2, 0.25) is 0 Å². The number of ether oxygens (including phenoxy) is 1. The van der Waals surface area contributed by atoms with Crippen LogP contribution in [0.4, 0.5) is 5.69 Å².